The first-order valence-electron chi connectivity index (χ1n) is 5.74. The largest absolute Gasteiger partial charge is 0.359 e. The summed E-state index contributed by atoms with van der Waals surface area (Å²) in [5.74, 6) is -0.187. The van der Waals surface area contributed by atoms with Crippen molar-refractivity contribution in [1.29, 1.82) is 0 Å². The van der Waals surface area contributed by atoms with Crippen molar-refractivity contribution >= 4 is 11.8 Å². The third-order valence-corrected chi connectivity index (χ3v) is 3.05. The molecule has 1 N–H and O–H groups in total. The highest BCUT2D eigenvalue weighted by Gasteiger charge is 2.33. The summed E-state index contributed by atoms with van der Waals surface area (Å²) in [7, 11) is 1.60. The smallest absolute Gasteiger partial charge is 0.225 e. The van der Waals surface area contributed by atoms with E-state index in [9.17, 15) is 9.59 Å². The molecule has 1 unspecified atom stereocenters. The van der Waals surface area contributed by atoms with Gasteiger partial charge in [-0.05, 0) is 5.56 Å². The average Bonchev–Trinajstić information content (AvgIpc) is 2.71. The van der Waals surface area contributed by atoms with E-state index in [2.05, 4.69) is 5.32 Å². The molecule has 4 heteroatoms. The van der Waals surface area contributed by atoms with E-state index in [4.69, 9.17) is 0 Å². The first-order valence-corrected chi connectivity index (χ1v) is 5.74. The van der Waals surface area contributed by atoms with Gasteiger partial charge in [-0.3, -0.25) is 9.59 Å². The maximum absolute atomic E-state index is 11.8. The summed E-state index contributed by atoms with van der Waals surface area (Å²) in [6, 6.07) is 9.82. The van der Waals surface area contributed by atoms with Crippen LogP contribution in [0.5, 0.6) is 0 Å². The van der Waals surface area contributed by atoms with Crippen LogP contribution >= 0.6 is 0 Å². The number of amides is 2. The van der Waals surface area contributed by atoms with Gasteiger partial charge >= 0.3 is 0 Å². The molecule has 1 heterocycles. The second-order valence-corrected chi connectivity index (χ2v) is 4.28. The average molecular weight is 232 g/mol. The Morgan fingerprint density at radius 1 is 1.41 bits per heavy atom. The van der Waals surface area contributed by atoms with Crippen LogP contribution in [0.3, 0.4) is 0 Å². The lowest BCUT2D eigenvalue weighted by Crippen LogP contribution is -2.30. The van der Waals surface area contributed by atoms with Crippen molar-refractivity contribution in [2.45, 2.75) is 13.0 Å². The van der Waals surface area contributed by atoms with Crippen LogP contribution in [-0.4, -0.2) is 30.3 Å². The Balaban J connectivity index is 1.99. The molecule has 0 spiro atoms. The lowest BCUT2D eigenvalue weighted by Gasteiger charge is -2.16. The lowest BCUT2D eigenvalue weighted by atomic mass is 10.1. The minimum Gasteiger partial charge on any atom is -0.359 e. The van der Waals surface area contributed by atoms with Crippen LogP contribution in [-0.2, 0) is 16.1 Å². The Hall–Kier alpha value is -1.84. The molecule has 0 aliphatic carbocycles. The Labute approximate surface area is 101 Å². The summed E-state index contributed by atoms with van der Waals surface area (Å²) in [5.41, 5.74) is 1.10. The van der Waals surface area contributed by atoms with Gasteiger partial charge in [0.25, 0.3) is 0 Å². The summed E-state index contributed by atoms with van der Waals surface area (Å²) >= 11 is 0. The highest BCUT2D eigenvalue weighted by molar-refractivity contribution is 5.89. The Morgan fingerprint density at radius 3 is 2.76 bits per heavy atom. The van der Waals surface area contributed by atoms with Gasteiger partial charge in [0.05, 0.1) is 5.92 Å². The minimum absolute atomic E-state index is 0.0473. The van der Waals surface area contributed by atoms with E-state index >= 15 is 0 Å². The predicted molar refractivity (Wildman–Crippen MR) is 64.0 cm³/mol. The van der Waals surface area contributed by atoms with Crippen LogP contribution in [0.1, 0.15) is 12.0 Å². The van der Waals surface area contributed by atoms with Gasteiger partial charge in [-0.2, -0.15) is 0 Å². The number of hydrogen-bond acceptors (Lipinski definition) is 2. The van der Waals surface area contributed by atoms with E-state index in [0.29, 0.717) is 19.5 Å². The molecule has 1 aromatic carbocycles. The number of nitrogens with zero attached hydrogens (tertiary/aromatic N) is 1. The first-order chi connectivity index (χ1) is 8.20. The molecule has 1 aliphatic heterocycles. The van der Waals surface area contributed by atoms with E-state index in [1.807, 2.05) is 30.3 Å². The number of carbonyl (C=O) groups is 2. The highest BCUT2D eigenvalue weighted by Crippen LogP contribution is 2.20. The molecule has 90 valence electrons. The van der Waals surface area contributed by atoms with Crippen LogP contribution in [0.15, 0.2) is 30.3 Å². The lowest BCUT2D eigenvalue weighted by molar-refractivity contribution is -0.129. The molecular weight excluding hydrogens is 216 g/mol. The molecule has 1 fully saturated rings. The second kappa shape index (κ2) is 4.99. The normalized spacial score (nSPS) is 19.5. The summed E-state index contributed by atoms with van der Waals surface area (Å²) < 4.78 is 0. The van der Waals surface area contributed by atoms with Crippen molar-refractivity contribution in [3.8, 4) is 0 Å². The topological polar surface area (TPSA) is 49.4 Å². The minimum atomic E-state index is -0.198. The first kappa shape index (κ1) is 11.6. The fraction of sp³-hybridized carbons (Fsp3) is 0.385. The predicted octanol–water partition coefficient (Wildman–Crippen LogP) is 0.781. The monoisotopic (exact) mass is 232 g/mol. The van der Waals surface area contributed by atoms with Crippen LogP contribution in [0.4, 0.5) is 0 Å². The van der Waals surface area contributed by atoms with Gasteiger partial charge in [-0.15, -0.1) is 0 Å². The highest BCUT2D eigenvalue weighted by atomic mass is 16.2. The van der Waals surface area contributed by atoms with Crippen LogP contribution in [0, 0.1) is 5.92 Å². The molecule has 0 saturated carbocycles. The van der Waals surface area contributed by atoms with Gasteiger partial charge in [0, 0.05) is 26.6 Å². The van der Waals surface area contributed by atoms with Gasteiger partial charge in [-0.25, -0.2) is 0 Å². The SMILES string of the molecule is CNC(=O)C1CC(=O)N(Cc2ccccc2)C1. The maximum Gasteiger partial charge on any atom is 0.225 e. The summed E-state index contributed by atoms with van der Waals surface area (Å²) in [6.45, 7) is 1.11. The van der Waals surface area contributed by atoms with Gasteiger partial charge in [0.15, 0.2) is 0 Å². The third-order valence-electron chi connectivity index (χ3n) is 3.05. The summed E-state index contributed by atoms with van der Waals surface area (Å²) in [4.78, 5) is 25.0. The van der Waals surface area contributed by atoms with E-state index in [1.54, 1.807) is 11.9 Å². The second-order valence-electron chi connectivity index (χ2n) is 4.28. The molecule has 4 nitrogen and oxygen atoms in total. The summed E-state index contributed by atoms with van der Waals surface area (Å²) in [5, 5.41) is 2.59. The maximum atomic E-state index is 11.8. The molecule has 17 heavy (non-hydrogen) atoms. The van der Waals surface area contributed by atoms with Crippen LogP contribution in [0.2, 0.25) is 0 Å². The zero-order valence-corrected chi connectivity index (χ0v) is 9.85. The van der Waals surface area contributed by atoms with E-state index in [1.165, 1.54) is 0 Å². The van der Waals surface area contributed by atoms with Gasteiger partial charge in [-0.1, -0.05) is 30.3 Å². The third kappa shape index (κ3) is 2.64. The van der Waals surface area contributed by atoms with Gasteiger partial charge < -0.3 is 10.2 Å². The van der Waals surface area contributed by atoms with Gasteiger partial charge in [0.1, 0.15) is 0 Å². The zero-order valence-electron chi connectivity index (χ0n) is 9.85. The molecular formula is C13H16N2O2. The van der Waals surface area contributed by atoms with Crippen LogP contribution < -0.4 is 5.32 Å². The quantitative estimate of drug-likeness (QED) is 0.837. The zero-order chi connectivity index (χ0) is 12.3. The van der Waals surface area contributed by atoms with Crippen molar-refractivity contribution in [3.63, 3.8) is 0 Å². The van der Waals surface area contributed by atoms with E-state index < -0.39 is 0 Å². The Morgan fingerprint density at radius 2 is 2.12 bits per heavy atom. The fourth-order valence-corrected chi connectivity index (χ4v) is 2.11. The number of carbonyl (C=O) groups excluding carboxylic acids is 2. The van der Waals surface area contributed by atoms with Crippen molar-refractivity contribution in [1.82, 2.24) is 10.2 Å². The van der Waals surface area contributed by atoms with Crippen LogP contribution in [0.25, 0.3) is 0 Å². The molecule has 2 rings (SSSR count). The number of likely N-dealkylation sites (tertiary alicyclic amines) is 1. The molecule has 1 aromatic rings. The number of rotatable bonds is 3. The van der Waals surface area contributed by atoms with Gasteiger partial charge in [0.2, 0.25) is 11.8 Å². The number of nitrogens with one attached hydrogen (secondary N) is 1. The number of hydrogen-bond donors (Lipinski definition) is 1. The Bertz CT molecular complexity index is 417. The molecule has 0 bridgehead atoms. The fourth-order valence-electron chi connectivity index (χ4n) is 2.11. The molecule has 2 amide bonds. The standard InChI is InChI=1S/C13H16N2O2/c1-14-13(17)11-7-12(16)15(9-11)8-10-5-3-2-4-6-10/h2-6,11H,7-9H2,1H3,(H,14,17). The van der Waals surface area contributed by atoms with Crippen molar-refractivity contribution in [3.05, 3.63) is 35.9 Å². The molecule has 1 atom stereocenters. The van der Waals surface area contributed by atoms with Crippen molar-refractivity contribution < 1.29 is 9.59 Å². The van der Waals surface area contributed by atoms with E-state index in [-0.39, 0.29) is 17.7 Å². The molecule has 0 radical (unpaired) electrons. The Kier molecular flexibility index (Phi) is 3.42. The molecule has 1 saturated heterocycles. The van der Waals surface area contributed by atoms with Crippen molar-refractivity contribution in [2.75, 3.05) is 13.6 Å². The molecule has 1 aliphatic rings. The van der Waals surface area contributed by atoms with E-state index in [0.717, 1.165) is 5.56 Å². The summed E-state index contributed by atoms with van der Waals surface area (Å²) in [6.07, 6.45) is 0.326. The molecule has 0 aromatic heterocycles. The van der Waals surface area contributed by atoms with Crippen molar-refractivity contribution in [2.24, 2.45) is 5.92 Å². The number of benzene rings is 1.